The molecule has 0 saturated heterocycles. The SMILES string of the molecule is COC1CCC(NCC(O)C(F)F)CC1. The number of aliphatic hydroxyl groups excluding tert-OH is 1. The lowest BCUT2D eigenvalue weighted by molar-refractivity contribution is -0.00678. The van der Waals surface area contributed by atoms with E-state index in [4.69, 9.17) is 9.84 Å². The summed E-state index contributed by atoms with van der Waals surface area (Å²) in [6.45, 7) is -0.0278. The van der Waals surface area contributed by atoms with E-state index in [0.29, 0.717) is 6.10 Å². The summed E-state index contributed by atoms with van der Waals surface area (Å²) in [5.74, 6) is 0. The van der Waals surface area contributed by atoms with Crippen molar-refractivity contribution in [1.29, 1.82) is 0 Å². The lowest BCUT2D eigenvalue weighted by Crippen LogP contribution is -2.41. The summed E-state index contributed by atoms with van der Waals surface area (Å²) in [4.78, 5) is 0. The molecule has 0 radical (unpaired) electrons. The molecule has 0 aromatic heterocycles. The molecule has 0 spiro atoms. The highest BCUT2D eigenvalue weighted by Crippen LogP contribution is 2.20. The number of rotatable bonds is 5. The Balaban J connectivity index is 2.13. The zero-order chi connectivity index (χ0) is 11.3. The highest BCUT2D eigenvalue weighted by Gasteiger charge is 2.22. The van der Waals surface area contributed by atoms with Crippen LogP contribution < -0.4 is 5.32 Å². The minimum absolute atomic E-state index is 0.0278. The Kier molecular flexibility index (Phi) is 5.42. The van der Waals surface area contributed by atoms with Crippen LogP contribution in [-0.4, -0.2) is 43.4 Å². The average molecular weight is 223 g/mol. The van der Waals surface area contributed by atoms with Crippen LogP contribution in [0.3, 0.4) is 0 Å². The van der Waals surface area contributed by atoms with Crippen molar-refractivity contribution in [3.05, 3.63) is 0 Å². The molecule has 0 aromatic rings. The molecule has 0 aliphatic heterocycles. The Hall–Kier alpha value is -0.260. The van der Waals surface area contributed by atoms with E-state index in [2.05, 4.69) is 5.32 Å². The van der Waals surface area contributed by atoms with Gasteiger partial charge in [-0.3, -0.25) is 0 Å². The molecule has 0 heterocycles. The van der Waals surface area contributed by atoms with Crippen LogP contribution in [0.25, 0.3) is 0 Å². The van der Waals surface area contributed by atoms with Gasteiger partial charge in [0.15, 0.2) is 0 Å². The van der Waals surface area contributed by atoms with Gasteiger partial charge in [0, 0.05) is 19.7 Å². The highest BCUT2D eigenvalue weighted by molar-refractivity contribution is 4.78. The van der Waals surface area contributed by atoms with Crippen molar-refractivity contribution in [2.45, 2.75) is 50.4 Å². The molecular weight excluding hydrogens is 204 g/mol. The number of hydrogen-bond acceptors (Lipinski definition) is 3. The summed E-state index contributed by atoms with van der Waals surface area (Å²) in [7, 11) is 1.69. The molecule has 1 aliphatic rings. The van der Waals surface area contributed by atoms with Crippen LogP contribution >= 0.6 is 0 Å². The second kappa shape index (κ2) is 6.35. The fourth-order valence-corrected chi connectivity index (χ4v) is 1.88. The first-order valence-electron chi connectivity index (χ1n) is 5.36. The van der Waals surface area contributed by atoms with E-state index < -0.39 is 12.5 Å². The Morgan fingerprint density at radius 3 is 2.40 bits per heavy atom. The van der Waals surface area contributed by atoms with Crippen molar-refractivity contribution in [3.63, 3.8) is 0 Å². The molecule has 1 unspecified atom stereocenters. The van der Waals surface area contributed by atoms with Gasteiger partial charge in [-0.1, -0.05) is 0 Å². The third kappa shape index (κ3) is 4.40. The average Bonchev–Trinajstić information content (AvgIpc) is 2.26. The van der Waals surface area contributed by atoms with Crippen LogP contribution in [-0.2, 0) is 4.74 Å². The maximum absolute atomic E-state index is 12.0. The van der Waals surface area contributed by atoms with E-state index in [1.807, 2.05) is 0 Å². The van der Waals surface area contributed by atoms with Gasteiger partial charge in [-0.2, -0.15) is 0 Å². The third-order valence-electron chi connectivity index (χ3n) is 2.91. The Morgan fingerprint density at radius 2 is 1.93 bits per heavy atom. The molecule has 1 fully saturated rings. The lowest BCUT2D eigenvalue weighted by atomic mass is 9.93. The Morgan fingerprint density at radius 1 is 1.33 bits per heavy atom. The topological polar surface area (TPSA) is 41.5 Å². The zero-order valence-electron chi connectivity index (χ0n) is 8.96. The molecule has 1 aliphatic carbocycles. The normalized spacial score (nSPS) is 29.4. The largest absolute Gasteiger partial charge is 0.386 e. The van der Waals surface area contributed by atoms with Gasteiger partial charge < -0.3 is 15.2 Å². The summed E-state index contributed by atoms with van der Waals surface area (Å²) < 4.78 is 29.2. The quantitative estimate of drug-likeness (QED) is 0.735. The van der Waals surface area contributed by atoms with Crippen LogP contribution in [0.15, 0.2) is 0 Å². The second-order valence-corrected chi connectivity index (χ2v) is 4.02. The van der Waals surface area contributed by atoms with Crippen LogP contribution in [0.4, 0.5) is 8.78 Å². The third-order valence-corrected chi connectivity index (χ3v) is 2.91. The van der Waals surface area contributed by atoms with Crippen molar-refractivity contribution in [3.8, 4) is 0 Å². The number of nitrogens with one attached hydrogen (secondary N) is 1. The van der Waals surface area contributed by atoms with E-state index in [-0.39, 0.29) is 12.6 Å². The van der Waals surface area contributed by atoms with E-state index in [1.165, 1.54) is 0 Å². The maximum Gasteiger partial charge on any atom is 0.265 e. The number of halogens is 2. The molecule has 0 bridgehead atoms. The van der Waals surface area contributed by atoms with Crippen LogP contribution in [0.2, 0.25) is 0 Å². The minimum atomic E-state index is -2.66. The van der Waals surface area contributed by atoms with Gasteiger partial charge in [-0.25, -0.2) is 8.78 Å². The molecule has 1 rings (SSSR count). The molecule has 1 saturated carbocycles. The van der Waals surface area contributed by atoms with Crippen LogP contribution in [0, 0.1) is 0 Å². The zero-order valence-corrected chi connectivity index (χ0v) is 8.96. The maximum atomic E-state index is 12.0. The van der Waals surface area contributed by atoms with Crippen molar-refractivity contribution in [2.24, 2.45) is 0 Å². The molecular formula is C10H19F2NO2. The van der Waals surface area contributed by atoms with Gasteiger partial charge in [-0.05, 0) is 25.7 Å². The number of aliphatic hydroxyl groups is 1. The predicted octanol–water partition coefficient (Wildman–Crippen LogP) is 1.16. The number of methoxy groups -OCH3 is 1. The lowest BCUT2D eigenvalue weighted by Gasteiger charge is -2.28. The highest BCUT2D eigenvalue weighted by atomic mass is 19.3. The Labute approximate surface area is 88.8 Å². The van der Waals surface area contributed by atoms with E-state index in [9.17, 15) is 8.78 Å². The van der Waals surface area contributed by atoms with Crippen molar-refractivity contribution in [1.82, 2.24) is 5.32 Å². The second-order valence-electron chi connectivity index (χ2n) is 4.02. The minimum Gasteiger partial charge on any atom is -0.386 e. The van der Waals surface area contributed by atoms with Crippen molar-refractivity contribution >= 4 is 0 Å². The van der Waals surface area contributed by atoms with Gasteiger partial charge in [-0.15, -0.1) is 0 Å². The molecule has 0 aromatic carbocycles. The summed E-state index contributed by atoms with van der Waals surface area (Å²) >= 11 is 0. The van der Waals surface area contributed by atoms with Gasteiger partial charge in [0.1, 0.15) is 6.10 Å². The summed E-state index contributed by atoms with van der Waals surface area (Å²) in [5, 5.41) is 11.9. The first-order valence-corrected chi connectivity index (χ1v) is 5.36. The summed E-state index contributed by atoms with van der Waals surface area (Å²) in [6, 6.07) is 0.241. The summed E-state index contributed by atoms with van der Waals surface area (Å²) in [6.07, 6.45) is -0.137. The van der Waals surface area contributed by atoms with E-state index in [0.717, 1.165) is 25.7 Å². The molecule has 3 nitrogen and oxygen atoms in total. The van der Waals surface area contributed by atoms with E-state index in [1.54, 1.807) is 7.11 Å². The Bertz CT molecular complexity index is 173. The molecule has 2 N–H and O–H groups in total. The van der Waals surface area contributed by atoms with Gasteiger partial charge in [0.05, 0.1) is 6.10 Å². The van der Waals surface area contributed by atoms with Crippen molar-refractivity contribution in [2.75, 3.05) is 13.7 Å². The number of ether oxygens (including phenoxy) is 1. The standard InChI is InChI=1S/C10H19F2NO2/c1-15-8-4-2-7(3-5-8)13-6-9(14)10(11)12/h7-10,13-14H,2-6H2,1H3. The van der Waals surface area contributed by atoms with Gasteiger partial charge in [0.25, 0.3) is 6.43 Å². The van der Waals surface area contributed by atoms with Crippen LogP contribution in [0.5, 0.6) is 0 Å². The van der Waals surface area contributed by atoms with Crippen molar-refractivity contribution < 1.29 is 18.6 Å². The fourth-order valence-electron chi connectivity index (χ4n) is 1.88. The van der Waals surface area contributed by atoms with Gasteiger partial charge >= 0.3 is 0 Å². The van der Waals surface area contributed by atoms with E-state index >= 15 is 0 Å². The molecule has 90 valence electrons. The predicted molar refractivity (Wildman–Crippen MR) is 53.1 cm³/mol. The molecule has 0 amide bonds. The monoisotopic (exact) mass is 223 g/mol. The summed E-state index contributed by atoms with van der Waals surface area (Å²) in [5.41, 5.74) is 0. The number of alkyl halides is 2. The number of hydrogen-bond donors (Lipinski definition) is 2. The smallest absolute Gasteiger partial charge is 0.265 e. The van der Waals surface area contributed by atoms with Crippen LogP contribution in [0.1, 0.15) is 25.7 Å². The first-order chi connectivity index (χ1) is 7.13. The fraction of sp³-hybridized carbons (Fsp3) is 1.00. The van der Waals surface area contributed by atoms with Gasteiger partial charge in [0.2, 0.25) is 0 Å². The molecule has 1 atom stereocenters. The molecule has 5 heteroatoms. The first kappa shape index (κ1) is 12.8. The molecule has 15 heavy (non-hydrogen) atoms.